The Kier molecular flexibility index (Phi) is 4.87. The minimum absolute atomic E-state index is 0.0590. The Morgan fingerprint density at radius 1 is 1.22 bits per heavy atom. The first-order valence-electron chi connectivity index (χ1n) is 5.89. The Balaban J connectivity index is 2.63. The van der Waals surface area contributed by atoms with Gasteiger partial charge in [-0.2, -0.15) is 13.2 Å². The molecule has 0 bridgehead atoms. The van der Waals surface area contributed by atoms with Crippen molar-refractivity contribution in [2.24, 2.45) is 5.92 Å². The monoisotopic (exact) mass is 261 g/mol. The van der Waals surface area contributed by atoms with E-state index >= 15 is 0 Å². The van der Waals surface area contributed by atoms with Crippen LogP contribution in [0, 0.1) is 5.92 Å². The van der Waals surface area contributed by atoms with Crippen LogP contribution in [0.25, 0.3) is 0 Å². The molecule has 102 valence electrons. The van der Waals surface area contributed by atoms with Crippen LogP contribution in [0.15, 0.2) is 18.2 Å². The van der Waals surface area contributed by atoms with Crippen LogP contribution < -0.4 is 10.5 Å². The molecule has 0 aliphatic heterocycles. The number of nitrogens with two attached hydrogens (primary N) is 1. The second-order valence-corrected chi connectivity index (χ2v) is 4.67. The fourth-order valence-corrected chi connectivity index (χ4v) is 1.55. The molecule has 0 atom stereocenters. The summed E-state index contributed by atoms with van der Waals surface area (Å²) in [4.78, 5) is 0. The zero-order valence-electron chi connectivity index (χ0n) is 10.6. The van der Waals surface area contributed by atoms with Crippen LogP contribution >= 0.6 is 0 Å². The van der Waals surface area contributed by atoms with Crippen LogP contribution in [0.3, 0.4) is 0 Å². The summed E-state index contributed by atoms with van der Waals surface area (Å²) in [6.07, 6.45) is -2.60. The number of hydrogen-bond acceptors (Lipinski definition) is 2. The maximum Gasteiger partial charge on any atom is 0.416 e. The van der Waals surface area contributed by atoms with Crippen LogP contribution in [-0.4, -0.2) is 6.61 Å². The molecule has 1 rings (SSSR count). The van der Waals surface area contributed by atoms with Crippen molar-refractivity contribution in [1.82, 2.24) is 0 Å². The molecule has 2 nitrogen and oxygen atoms in total. The number of halogens is 3. The zero-order valence-corrected chi connectivity index (χ0v) is 10.6. The SMILES string of the molecule is CC(C)CCCOc1cc(N)cc(C(F)(F)F)c1. The molecule has 0 fully saturated rings. The van der Waals surface area contributed by atoms with Gasteiger partial charge in [-0.05, 0) is 30.9 Å². The number of alkyl halides is 3. The smallest absolute Gasteiger partial charge is 0.416 e. The minimum atomic E-state index is -4.40. The third-order valence-corrected chi connectivity index (χ3v) is 2.45. The van der Waals surface area contributed by atoms with Crippen molar-refractivity contribution >= 4 is 5.69 Å². The molecule has 0 aliphatic carbocycles. The van der Waals surface area contributed by atoms with E-state index in [1.807, 2.05) is 0 Å². The van der Waals surface area contributed by atoms with Gasteiger partial charge in [0, 0.05) is 11.8 Å². The molecular formula is C13H18F3NO. The Labute approximate surface area is 105 Å². The molecular weight excluding hydrogens is 243 g/mol. The van der Waals surface area contributed by atoms with Gasteiger partial charge in [0.05, 0.1) is 12.2 Å². The molecule has 0 heterocycles. The van der Waals surface area contributed by atoms with E-state index in [4.69, 9.17) is 10.5 Å². The summed E-state index contributed by atoms with van der Waals surface area (Å²) in [6, 6.07) is 3.29. The van der Waals surface area contributed by atoms with Gasteiger partial charge in [-0.3, -0.25) is 0 Å². The van der Waals surface area contributed by atoms with Gasteiger partial charge in [0.1, 0.15) is 5.75 Å². The quantitative estimate of drug-likeness (QED) is 0.639. The van der Waals surface area contributed by atoms with Crippen molar-refractivity contribution in [2.45, 2.75) is 32.9 Å². The normalized spacial score (nSPS) is 11.9. The largest absolute Gasteiger partial charge is 0.494 e. The van der Waals surface area contributed by atoms with Crippen molar-refractivity contribution in [3.8, 4) is 5.75 Å². The van der Waals surface area contributed by atoms with Crippen molar-refractivity contribution in [3.05, 3.63) is 23.8 Å². The second-order valence-electron chi connectivity index (χ2n) is 4.67. The number of ether oxygens (including phenoxy) is 1. The summed E-state index contributed by atoms with van der Waals surface area (Å²) in [5.74, 6) is 0.728. The maximum absolute atomic E-state index is 12.5. The second kappa shape index (κ2) is 5.98. The Bertz CT molecular complexity index is 388. The molecule has 0 saturated heterocycles. The van der Waals surface area contributed by atoms with Crippen LogP contribution in [0.5, 0.6) is 5.75 Å². The summed E-state index contributed by atoms with van der Waals surface area (Å²) in [6.45, 7) is 4.57. The van der Waals surface area contributed by atoms with E-state index in [0.717, 1.165) is 25.0 Å². The number of anilines is 1. The van der Waals surface area contributed by atoms with Crippen molar-refractivity contribution in [3.63, 3.8) is 0 Å². The van der Waals surface area contributed by atoms with Gasteiger partial charge in [-0.15, -0.1) is 0 Å². The van der Waals surface area contributed by atoms with E-state index in [0.29, 0.717) is 12.5 Å². The highest BCUT2D eigenvalue weighted by Crippen LogP contribution is 2.33. The number of benzene rings is 1. The molecule has 0 aliphatic rings. The lowest BCUT2D eigenvalue weighted by Crippen LogP contribution is -2.07. The molecule has 1 aromatic carbocycles. The number of nitrogen functional groups attached to an aromatic ring is 1. The highest BCUT2D eigenvalue weighted by atomic mass is 19.4. The lowest BCUT2D eigenvalue weighted by molar-refractivity contribution is -0.137. The van der Waals surface area contributed by atoms with Gasteiger partial charge >= 0.3 is 6.18 Å². The molecule has 0 saturated carbocycles. The van der Waals surface area contributed by atoms with Crippen LogP contribution in [0.1, 0.15) is 32.3 Å². The van der Waals surface area contributed by atoms with E-state index < -0.39 is 11.7 Å². The highest BCUT2D eigenvalue weighted by Gasteiger charge is 2.31. The Morgan fingerprint density at radius 2 is 1.89 bits per heavy atom. The fraction of sp³-hybridized carbons (Fsp3) is 0.538. The van der Waals surface area contributed by atoms with Gasteiger partial charge in [0.25, 0.3) is 0 Å². The molecule has 1 aromatic rings. The van der Waals surface area contributed by atoms with E-state index in [1.165, 1.54) is 6.07 Å². The summed E-state index contributed by atoms with van der Waals surface area (Å²) >= 11 is 0. The van der Waals surface area contributed by atoms with Crippen LogP contribution in [0.2, 0.25) is 0 Å². The third kappa shape index (κ3) is 4.85. The summed E-state index contributed by atoms with van der Waals surface area (Å²) in [5, 5.41) is 0. The average molecular weight is 261 g/mol. The van der Waals surface area contributed by atoms with Gasteiger partial charge in [0.15, 0.2) is 0 Å². The molecule has 0 radical (unpaired) electrons. The van der Waals surface area contributed by atoms with Crippen LogP contribution in [-0.2, 0) is 6.18 Å². The lowest BCUT2D eigenvalue weighted by Gasteiger charge is -2.12. The van der Waals surface area contributed by atoms with E-state index in [2.05, 4.69) is 13.8 Å². The third-order valence-electron chi connectivity index (χ3n) is 2.45. The lowest BCUT2D eigenvalue weighted by atomic mass is 10.1. The molecule has 5 heteroatoms. The minimum Gasteiger partial charge on any atom is -0.494 e. The van der Waals surface area contributed by atoms with Gasteiger partial charge in [0.2, 0.25) is 0 Å². The van der Waals surface area contributed by atoms with Crippen LogP contribution in [0.4, 0.5) is 18.9 Å². The van der Waals surface area contributed by atoms with Gasteiger partial charge in [-0.25, -0.2) is 0 Å². The number of rotatable bonds is 5. The van der Waals surface area contributed by atoms with E-state index in [-0.39, 0.29) is 11.4 Å². The first kappa shape index (κ1) is 14.7. The topological polar surface area (TPSA) is 35.2 Å². The first-order chi connectivity index (χ1) is 8.29. The Hall–Kier alpha value is -1.39. The first-order valence-corrected chi connectivity index (χ1v) is 5.89. The molecule has 0 amide bonds. The summed E-state index contributed by atoms with van der Waals surface area (Å²) < 4.78 is 42.9. The molecule has 18 heavy (non-hydrogen) atoms. The van der Waals surface area contributed by atoms with Crippen molar-refractivity contribution < 1.29 is 17.9 Å². The van der Waals surface area contributed by atoms with Gasteiger partial charge < -0.3 is 10.5 Å². The Morgan fingerprint density at radius 3 is 2.44 bits per heavy atom. The number of hydrogen-bond donors (Lipinski definition) is 1. The van der Waals surface area contributed by atoms with Gasteiger partial charge in [-0.1, -0.05) is 13.8 Å². The zero-order chi connectivity index (χ0) is 13.8. The standard InChI is InChI=1S/C13H18F3NO/c1-9(2)4-3-5-18-12-7-10(13(14,15)16)6-11(17)8-12/h6-9H,3-5,17H2,1-2H3. The maximum atomic E-state index is 12.5. The van der Waals surface area contributed by atoms with Crippen molar-refractivity contribution in [1.29, 1.82) is 0 Å². The van der Waals surface area contributed by atoms with E-state index in [9.17, 15) is 13.2 Å². The molecule has 0 spiro atoms. The average Bonchev–Trinajstić information content (AvgIpc) is 2.22. The molecule has 0 unspecified atom stereocenters. The van der Waals surface area contributed by atoms with Crippen molar-refractivity contribution in [2.75, 3.05) is 12.3 Å². The van der Waals surface area contributed by atoms with E-state index in [1.54, 1.807) is 0 Å². The predicted molar refractivity (Wildman–Crippen MR) is 65.4 cm³/mol. The predicted octanol–water partition coefficient (Wildman–Crippen LogP) is 4.10. The molecule has 0 aromatic heterocycles. The fourth-order valence-electron chi connectivity index (χ4n) is 1.55. The summed E-state index contributed by atoms with van der Waals surface area (Å²) in [7, 11) is 0. The highest BCUT2D eigenvalue weighted by molar-refractivity contribution is 5.48. The molecule has 2 N–H and O–H groups in total. The summed E-state index contributed by atoms with van der Waals surface area (Å²) in [5.41, 5.74) is 4.71.